The Morgan fingerprint density at radius 1 is 1.20 bits per heavy atom. The third kappa shape index (κ3) is 3.51. The molecular formula is C16H23N3S. The fraction of sp³-hybridized carbons (Fsp3) is 0.438. The zero-order valence-electron chi connectivity index (χ0n) is 12.9. The Morgan fingerprint density at radius 3 is 2.50 bits per heavy atom. The van der Waals surface area contributed by atoms with Crippen molar-refractivity contribution in [3.63, 3.8) is 0 Å². The van der Waals surface area contributed by atoms with Gasteiger partial charge in [0.15, 0.2) is 0 Å². The van der Waals surface area contributed by atoms with Crippen LogP contribution in [0.5, 0.6) is 0 Å². The molecule has 3 nitrogen and oxygen atoms in total. The number of rotatable bonds is 4. The van der Waals surface area contributed by atoms with E-state index in [2.05, 4.69) is 74.3 Å². The van der Waals surface area contributed by atoms with Gasteiger partial charge in [-0.2, -0.15) is 0 Å². The summed E-state index contributed by atoms with van der Waals surface area (Å²) in [6, 6.07) is 8.35. The summed E-state index contributed by atoms with van der Waals surface area (Å²) in [4.78, 5) is 7.91. The van der Waals surface area contributed by atoms with Crippen LogP contribution >= 0.6 is 11.3 Å². The zero-order valence-corrected chi connectivity index (χ0v) is 13.7. The molecule has 4 heteroatoms. The number of hydrogen-bond donors (Lipinski definition) is 1. The van der Waals surface area contributed by atoms with Crippen LogP contribution in [0.4, 0.5) is 11.4 Å². The van der Waals surface area contributed by atoms with Gasteiger partial charge >= 0.3 is 0 Å². The van der Waals surface area contributed by atoms with Gasteiger partial charge in [0.2, 0.25) is 0 Å². The van der Waals surface area contributed by atoms with Gasteiger partial charge in [0.05, 0.1) is 22.9 Å². The molecule has 0 saturated heterocycles. The van der Waals surface area contributed by atoms with Crippen molar-refractivity contribution in [2.75, 3.05) is 24.3 Å². The van der Waals surface area contributed by atoms with E-state index in [4.69, 9.17) is 0 Å². The predicted octanol–water partition coefficient (Wildman–Crippen LogP) is 4.12. The molecule has 0 aliphatic rings. The summed E-state index contributed by atoms with van der Waals surface area (Å²) < 4.78 is 0. The van der Waals surface area contributed by atoms with Crippen molar-refractivity contribution in [1.82, 2.24) is 4.98 Å². The first-order valence-electron chi connectivity index (χ1n) is 6.83. The van der Waals surface area contributed by atoms with Crippen molar-refractivity contribution < 1.29 is 0 Å². The Bertz CT molecular complexity index is 567. The van der Waals surface area contributed by atoms with E-state index in [1.54, 1.807) is 11.3 Å². The number of para-hydroxylation sites is 2. The Hall–Kier alpha value is -1.55. The van der Waals surface area contributed by atoms with E-state index >= 15 is 0 Å². The molecule has 0 fully saturated rings. The van der Waals surface area contributed by atoms with E-state index in [-0.39, 0.29) is 5.41 Å². The topological polar surface area (TPSA) is 28.2 Å². The third-order valence-corrected chi connectivity index (χ3v) is 4.46. The van der Waals surface area contributed by atoms with Crippen molar-refractivity contribution in [3.8, 4) is 0 Å². The maximum absolute atomic E-state index is 4.53. The van der Waals surface area contributed by atoms with Gasteiger partial charge in [-0.05, 0) is 12.1 Å². The van der Waals surface area contributed by atoms with Crippen LogP contribution in [-0.2, 0) is 12.0 Å². The minimum Gasteiger partial charge on any atom is -0.378 e. The molecular weight excluding hydrogens is 266 g/mol. The standard InChI is InChI=1S/C16H23N3S/c1-16(2,3)15-18-11-12(20-15)10-17-13-8-6-7-9-14(13)19(4)5/h6-9,11,17H,10H2,1-5H3. The molecule has 20 heavy (non-hydrogen) atoms. The summed E-state index contributed by atoms with van der Waals surface area (Å²) in [5.74, 6) is 0. The molecule has 1 aromatic carbocycles. The zero-order chi connectivity index (χ0) is 14.8. The van der Waals surface area contributed by atoms with Gasteiger partial charge in [0, 0.05) is 30.6 Å². The molecule has 0 spiro atoms. The Balaban J connectivity index is 2.08. The van der Waals surface area contributed by atoms with E-state index in [0.29, 0.717) is 0 Å². The van der Waals surface area contributed by atoms with Gasteiger partial charge in [-0.25, -0.2) is 4.98 Å². The number of nitrogens with zero attached hydrogens (tertiary/aromatic N) is 2. The fourth-order valence-electron chi connectivity index (χ4n) is 1.93. The van der Waals surface area contributed by atoms with Gasteiger partial charge in [0.25, 0.3) is 0 Å². The second-order valence-corrected chi connectivity index (χ2v) is 7.26. The normalized spacial score (nSPS) is 11.4. The molecule has 0 aliphatic carbocycles. The molecule has 0 saturated carbocycles. The lowest BCUT2D eigenvalue weighted by atomic mass is 9.98. The number of thiazole rings is 1. The van der Waals surface area contributed by atoms with Crippen molar-refractivity contribution in [2.45, 2.75) is 32.7 Å². The summed E-state index contributed by atoms with van der Waals surface area (Å²) in [5.41, 5.74) is 2.49. The second-order valence-electron chi connectivity index (χ2n) is 6.15. The number of hydrogen-bond acceptors (Lipinski definition) is 4. The Morgan fingerprint density at radius 2 is 1.90 bits per heavy atom. The minimum atomic E-state index is 0.129. The van der Waals surface area contributed by atoms with Crippen LogP contribution in [0.2, 0.25) is 0 Å². The van der Waals surface area contributed by atoms with E-state index in [1.165, 1.54) is 15.6 Å². The highest BCUT2D eigenvalue weighted by atomic mass is 32.1. The van der Waals surface area contributed by atoms with Crippen molar-refractivity contribution in [2.24, 2.45) is 0 Å². The van der Waals surface area contributed by atoms with Gasteiger partial charge < -0.3 is 10.2 Å². The number of benzene rings is 1. The maximum atomic E-state index is 4.53. The summed E-state index contributed by atoms with van der Waals surface area (Å²) >= 11 is 1.79. The van der Waals surface area contributed by atoms with Crippen LogP contribution in [0.3, 0.4) is 0 Å². The van der Waals surface area contributed by atoms with Crippen LogP contribution in [0.15, 0.2) is 30.5 Å². The monoisotopic (exact) mass is 289 g/mol. The highest BCUT2D eigenvalue weighted by Crippen LogP contribution is 2.28. The summed E-state index contributed by atoms with van der Waals surface area (Å²) in [7, 11) is 4.12. The minimum absolute atomic E-state index is 0.129. The van der Waals surface area contributed by atoms with Crippen LogP contribution in [0, 0.1) is 0 Å². The highest BCUT2D eigenvalue weighted by molar-refractivity contribution is 7.11. The first-order valence-corrected chi connectivity index (χ1v) is 7.65. The molecule has 1 aromatic heterocycles. The van der Waals surface area contributed by atoms with Crippen LogP contribution in [0.1, 0.15) is 30.7 Å². The van der Waals surface area contributed by atoms with E-state index in [0.717, 1.165) is 12.2 Å². The number of aromatic nitrogens is 1. The molecule has 2 aromatic rings. The molecule has 0 amide bonds. The smallest absolute Gasteiger partial charge is 0.0981 e. The predicted molar refractivity (Wildman–Crippen MR) is 88.9 cm³/mol. The number of nitrogens with one attached hydrogen (secondary N) is 1. The Kier molecular flexibility index (Phi) is 4.33. The second kappa shape index (κ2) is 5.83. The molecule has 2 rings (SSSR count). The van der Waals surface area contributed by atoms with Crippen molar-refractivity contribution >= 4 is 22.7 Å². The van der Waals surface area contributed by atoms with Gasteiger partial charge in [-0.3, -0.25) is 0 Å². The van der Waals surface area contributed by atoms with E-state index in [9.17, 15) is 0 Å². The van der Waals surface area contributed by atoms with E-state index in [1.807, 2.05) is 6.20 Å². The lowest BCUT2D eigenvalue weighted by molar-refractivity contribution is 0.585. The first-order chi connectivity index (χ1) is 9.38. The van der Waals surface area contributed by atoms with E-state index < -0.39 is 0 Å². The van der Waals surface area contributed by atoms with Crippen LogP contribution < -0.4 is 10.2 Å². The molecule has 0 bridgehead atoms. The van der Waals surface area contributed by atoms with Crippen molar-refractivity contribution in [1.29, 1.82) is 0 Å². The van der Waals surface area contributed by atoms with Gasteiger partial charge in [-0.15, -0.1) is 11.3 Å². The van der Waals surface area contributed by atoms with Gasteiger partial charge in [-0.1, -0.05) is 32.9 Å². The first kappa shape index (κ1) is 14.9. The molecule has 0 unspecified atom stereocenters. The molecule has 1 N–H and O–H groups in total. The lowest BCUT2D eigenvalue weighted by Gasteiger charge is -2.18. The average Bonchev–Trinajstić information content (AvgIpc) is 2.85. The molecule has 0 atom stereocenters. The molecule has 1 heterocycles. The summed E-state index contributed by atoms with van der Waals surface area (Å²) in [6.45, 7) is 7.41. The molecule has 108 valence electrons. The largest absolute Gasteiger partial charge is 0.378 e. The quantitative estimate of drug-likeness (QED) is 0.917. The number of anilines is 2. The van der Waals surface area contributed by atoms with Crippen LogP contribution in [-0.4, -0.2) is 19.1 Å². The fourth-order valence-corrected chi connectivity index (χ4v) is 2.84. The Labute approximate surface area is 125 Å². The van der Waals surface area contributed by atoms with Crippen LogP contribution in [0.25, 0.3) is 0 Å². The molecule has 0 aliphatic heterocycles. The summed E-state index contributed by atoms with van der Waals surface area (Å²) in [6.07, 6.45) is 1.98. The SMILES string of the molecule is CN(C)c1ccccc1NCc1cnc(C(C)(C)C)s1. The maximum Gasteiger partial charge on any atom is 0.0981 e. The third-order valence-electron chi connectivity index (χ3n) is 3.03. The lowest BCUT2D eigenvalue weighted by Crippen LogP contribution is -2.11. The average molecular weight is 289 g/mol. The highest BCUT2D eigenvalue weighted by Gasteiger charge is 2.17. The van der Waals surface area contributed by atoms with Crippen molar-refractivity contribution in [3.05, 3.63) is 40.3 Å². The van der Waals surface area contributed by atoms with Gasteiger partial charge in [0.1, 0.15) is 0 Å². The summed E-state index contributed by atoms with van der Waals surface area (Å²) in [5, 5.41) is 4.69. The molecule has 0 radical (unpaired) electrons.